The third-order valence-corrected chi connectivity index (χ3v) is 2.46. The van der Waals surface area contributed by atoms with Crippen LogP contribution in [0.15, 0.2) is 16.7 Å². The van der Waals surface area contributed by atoms with Gasteiger partial charge in [-0.05, 0) is 22.0 Å². The number of rotatable bonds is 5. The van der Waals surface area contributed by atoms with Crippen molar-refractivity contribution in [3.8, 4) is 0 Å². The number of halogens is 4. The third kappa shape index (κ3) is 4.43. The Kier molecular flexibility index (Phi) is 5.36. The monoisotopic (exact) mass is 328 g/mol. The van der Waals surface area contributed by atoms with Crippen molar-refractivity contribution in [3.63, 3.8) is 0 Å². The van der Waals surface area contributed by atoms with Gasteiger partial charge in [0.2, 0.25) is 0 Å². The zero-order chi connectivity index (χ0) is 13.8. The zero-order valence-electron chi connectivity index (χ0n) is 9.46. The molecule has 0 aliphatic rings. The van der Waals surface area contributed by atoms with Crippen LogP contribution < -0.4 is 5.32 Å². The first-order chi connectivity index (χ1) is 8.34. The molecular formula is C10H12BrF3N2O2. The molecule has 0 spiro atoms. The van der Waals surface area contributed by atoms with Gasteiger partial charge in [-0.2, -0.15) is 13.2 Å². The second-order valence-corrected chi connectivity index (χ2v) is 4.45. The van der Waals surface area contributed by atoms with Crippen LogP contribution in [-0.4, -0.2) is 36.5 Å². The average Bonchev–Trinajstić information content (AvgIpc) is 2.26. The Bertz CT molecular complexity index is 401. The van der Waals surface area contributed by atoms with Crippen LogP contribution in [0.5, 0.6) is 0 Å². The maximum Gasteiger partial charge on any atom is 0.419 e. The number of nitrogens with zero attached hydrogens (tertiary/aromatic N) is 1. The smallest absolute Gasteiger partial charge is 0.389 e. The number of hydrogen-bond acceptors (Lipinski definition) is 4. The fourth-order valence-corrected chi connectivity index (χ4v) is 1.59. The van der Waals surface area contributed by atoms with Crippen LogP contribution in [0.25, 0.3) is 0 Å². The summed E-state index contributed by atoms with van der Waals surface area (Å²) in [5.74, 6) is -0.319. The Hall–Kier alpha value is -0.860. The summed E-state index contributed by atoms with van der Waals surface area (Å²) in [4.78, 5) is 3.65. The van der Waals surface area contributed by atoms with Crippen molar-refractivity contribution in [2.45, 2.75) is 12.3 Å². The molecule has 0 bridgehead atoms. The van der Waals surface area contributed by atoms with E-state index in [0.717, 1.165) is 6.07 Å². The van der Waals surface area contributed by atoms with Crippen molar-refractivity contribution in [1.82, 2.24) is 4.98 Å². The lowest BCUT2D eigenvalue weighted by molar-refractivity contribution is -0.137. The number of hydrogen-bond donors (Lipinski definition) is 2. The fraction of sp³-hybridized carbons (Fsp3) is 0.500. The highest BCUT2D eigenvalue weighted by Gasteiger charge is 2.34. The number of methoxy groups -OCH3 is 1. The first-order valence-corrected chi connectivity index (χ1v) is 5.77. The number of aromatic nitrogens is 1. The van der Waals surface area contributed by atoms with Gasteiger partial charge in [-0.3, -0.25) is 0 Å². The first-order valence-electron chi connectivity index (χ1n) is 4.98. The van der Waals surface area contributed by atoms with Crippen molar-refractivity contribution in [2.24, 2.45) is 0 Å². The second-order valence-electron chi connectivity index (χ2n) is 3.54. The molecule has 1 aromatic heterocycles. The molecule has 8 heteroatoms. The lowest BCUT2D eigenvalue weighted by atomic mass is 10.2. The molecular weight excluding hydrogens is 317 g/mol. The lowest BCUT2D eigenvalue weighted by Crippen LogP contribution is -2.25. The minimum Gasteiger partial charge on any atom is -0.389 e. The van der Waals surface area contributed by atoms with Gasteiger partial charge in [-0.25, -0.2) is 4.98 Å². The maximum atomic E-state index is 12.7. The molecule has 0 radical (unpaired) electrons. The molecule has 1 aromatic rings. The molecule has 0 saturated carbocycles. The third-order valence-electron chi connectivity index (χ3n) is 2.02. The van der Waals surface area contributed by atoms with Crippen LogP contribution in [0.4, 0.5) is 19.0 Å². The van der Waals surface area contributed by atoms with Gasteiger partial charge in [-0.1, -0.05) is 0 Å². The molecule has 1 unspecified atom stereocenters. The molecule has 1 atom stereocenters. The van der Waals surface area contributed by atoms with Crippen LogP contribution in [0, 0.1) is 0 Å². The Morgan fingerprint density at radius 3 is 2.78 bits per heavy atom. The highest BCUT2D eigenvalue weighted by molar-refractivity contribution is 9.10. The van der Waals surface area contributed by atoms with Crippen LogP contribution in [0.3, 0.4) is 0 Å². The number of aliphatic hydroxyl groups is 1. The van der Waals surface area contributed by atoms with E-state index in [9.17, 15) is 18.3 Å². The second kappa shape index (κ2) is 6.35. The van der Waals surface area contributed by atoms with Gasteiger partial charge in [0.15, 0.2) is 0 Å². The van der Waals surface area contributed by atoms with Crippen molar-refractivity contribution in [3.05, 3.63) is 22.3 Å². The highest BCUT2D eigenvalue weighted by atomic mass is 79.9. The maximum absolute atomic E-state index is 12.7. The molecule has 102 valence electrons. The Morgan fingerprint density at radius 2 is 2.22 bits per heavy atom. The number of nitrogens with one attached hydrogen (secondary N) is 1. The van der Waals surface area contributed by atoms with Crippen molar-refractivity contribution >= 4 is 21.7 Å². The van der Waals surface area contributed by atoms with E-state index < -0.39 is 17.8 Å². The first kappa shape index (κ1) is 15.2. The average molecular weight is 329 g/mol. The van der Waals surface area contributed by atoms with Crippen molar-refractivity contribution < 1.29 is 23.0 Å². The predicted molar refractivity (Wildman–Crippen MR) is 63.3 cm³/mol. The number of alkyl halides is 3. The highest BCUT2D eigenvalue weighted by Crippen LogP contribution is 2.35. The van der Waals surface area contributed by atoms with E-state index in [0.29, 0.717) is 0 Å². The van der Waals surface area contributed by atoms with E-state index in [1.165, 1.54) is 13.3 Å². The van der Waals surface area contributed by atoms with E-state index >= 15 is 0 Å². The lowest BCUT2D eigenvalue weighted by Gasteiger charge is -2.15. The zero-order valence-corrected chi connectivity index (χ0v) is 11.0. The van der Waals surface area contributed by atoms with Crippen molar-refractivity contribution in [1.29, 1.82) is 0 Å². The van der Waals surface area contributed by atoms with Gasteiger partial charge in [0.1, 0.15) is 5.82 Å². The summed E-state index contributed by atoms with van der Waals surface area (Å²) in [5.41, 5.74) is -0.888. The van der Waals surface area contributed by atoms with Gasteiger partial charge in [-0.15, -0.1) is 0 Å². The molecule has 4 nitrogen and oxygen atoms in total. The fourth-order valence-electron chi connectivity index (χ4n) is 1.26. The van der Waals surface area contributed by atoms with Crippen LogP contribution >= 0.6 is 15.9 Å². The molecule has 0 amide bonds. The number of pyridine rings is 1. The predicted octanol–water partition coefficient (Wildman–Crippen LogP) is 2.28. The summed E-state index contributed by atoms with van der Waals surface area (Å²) in [6.07, 6.45) is -4.16. The minimum atomic E-state index is -4.51. The van der Waals surface area contributed by atoms with Gasteiger partial charge < -0.3 is 15.2 Å². The minimum absolute atomic E-state index is 0.0326. The molecule has 0 aliphatic heterocycles. The van der Waals surface area contributed by atoms with E-state index in [2.05, 4.69) is 31.0 Å². The Labute approximate surface area is 110 Å². The van der Waals surface area contributed by atoms with Gasteiger partial charge in [0.05, 0.1) is 18.3 Å². The summed E-state index contributed by atoms with van der Waals surface area (Å²) in [6, 6.07) is 0.929. The topological polar surface area (TPSA) is 54.4 Å². The molecule has 18 heavy (non-hydrogen) atoms. The summed E-state index contributed by atoms with van der Waals surface area (Å²) in [6.45, 7) is -0.0452. The molecule has 0 saturated heterocycles. The normalized spacial score (nSPS) is 13.4. The molecule has 2 N–H and O–H groups in total. The van der Waals surface area contributed by atoms with E-state index in [1.54, 1.807) is 0 Å². The quantitative estimate of drug-likeness (QED) is 0.870. The number of ether oxygens (including phenoxy) is 1. The number of aliphatic hydroxyl groups excluding tert-OH is 1. The van der Waals surface area contributed by atoms with Crippen LogP contribution in [0.2, 0.25) is 0 Å². The molecule has 0 aliphatic carbocycles. The molecule has 0 aromatic carbocycles. The van der Waals surface area contributed by atoms with Gasteiger partial charge >= 0.3 is 6.18 Å². The van der Waals surface area contributed by atoms with Crippen LogP contribution in [-0.2, 0) is 10.9 Å². The standard InChI is InChI=1S/C10H12BrF3N2O2/c1-18-5-7(17)4-16-9-8(10(12,13)14)2-6(11)3-15-9/h2-3,7,17H,4-5H2,1H3,(H,15,16). The molecule has 0 fully saturated rings. The molecule has 1 rings (SSSR count). The Balaban J connectivity index is 2.82. The summed E-state index contributed by atoms with van der Waals surface area (Å²) >= 11 is 2.93. The Morgan fingerprint density at radius 1 is 1.56 bits per heavy atom. The van der Waals surface area contributed by atoms with Gasteiger partial charge in [0, 0.05) is 24.3 Å². The van der Waals surface area contributed by atoms with Gasteiger partial charge in [0.25, 0.3) is 0 Å². The largest absolute Gasteiger partial charge is 0.419 e. The van der Waals surface area contributed by atoms with E-state index in [1.807, 2.05) is 0 Å². The summed E-state index contributed by atoms with van der Waals surface area (Å²) in [5, 5.41) is 11.8. The van der Waals surface area contributed by atoms with Crippen molar-refractivity contribution in [2.75, 3.05) is 25.6 Å². The van der Waals surface area contributed by atoms with Crippen LogP contribution in [0.1, 0.15) is 5.56 Å². The van der Waals surface area contributed by atoms with E-state index in [-0.39, 0.29) is 23.4 Å². The molecule has 1 heterocycles. The summed E-state index contributed by atoms with van der Waals surface area (Å²) < 4.78 is 43.0. The van der Waals surface area contributed by atoms with E-state index in [4.69, 9.17) is 0 Å². The SMILES string of the molecule is COCC(O)CNc1ncc(Br)cc1C(F)(F)F. The summed E-state index contributed by atoms with van der Waals surface area (Å²) in [7, 11) is 1.39. The number of anilines is 1.